The molecular formula is C14H18N4O. The van der Waals surface area contributed by atoms with Gasteiger partial charge in [0.1, 0.15) is 5.69 Å². The second kappa shape index (κ2) is 5.65. The minimum absolute atomic E-state index is 0.0174. The van der Waals surface area contributed by atoms with Gasteiger partial charge in [-0.2, -0.15) is 0 Å². The average molecular weight is 258 g/mol. The van der Waals surface area contributed by atoms with Crippen LogP contribution in [0.25, 0.3) is 0 Å². The van der Waals surface area contributed by atoms with Crippen LogP contribution >= 0.6 is 0 Å². The Morgan fingerprint density at radius 3 is 2.89 bits per heavy atom. The first-order chi connectivity index (χ1) is 9.04. The third-order valence-electron chi connectivity index (χ3n) is 2.78. The Labute approximate surface area is 112 Å². The summed E-state index contributed by atoms with van der Waals surface area (Å²) in [5.74, 6) is -0.152. The molecular weight excluding hydrogens is 240 g/mol. The van der Waals surface area contributed by atoms with E-state index in [1.807, 2.05) is 39.1 Å². The number of imidazole rings is 1. The summed E-state index contributed by atoms with van der Waals surface area (Å²) in [7, 11) is 1.84. The molecule has 1 atom stereocenters. The smallest absolute Gasteiger partial charge is 0.271 e. The predicted molar refractivity (Wildman–Crippen MR) is 72.8 cm³/mol. The van der Waals surface area contributed by atoms with E-state index in [1.165, 1.54) is 0 Å². The van der Waals surface area contributed by atoms with Gasteiger partial charge in [-0.15, -0.1) is 0 Å². The van der Waals surface area contributed by atoms with Crippen LogP contribution in [-0.2, 0) is 13.5 Å². The van der Waals surface area contributed by atoms with Gasteiger partial charge in [0.25, 0.3) is 5.91 Å². The molecule has 0 aromatic carbocycles. The molecule has 0 aliphatic rings. The van der Waals surface area contributed by atoms with Crippen molar-refractivity contribution in [2.24, 2.45) is 7.05 Å². The first kappa shape index (κ1) is 13.3. The number of carbonyl (C=O) groups is 1. The number of carbonyl (C=O) groups excluding carboxylic acids is 1. The summed E-state index contributed by atoms with van der Waals surface area (Å²) in [4.78, 5) is 20.4. The molecule has 2 aromatic heterocycles. The second-order valence-corrected chi connectivity index (χ2v) is 4.77. The van der Waals surface area contributed by atoms with Gasteiger partial charge in [0, 0.05) is 37.1 Å². The number of hydrogen-bond donors (Lipinski definition) is 1. The molecule has 19 heavy (non-hydrogen) atoms. The van der Waals surface area contributed by atoms with Crippen molar-refractivity contribution in [3.63, 3.8) is 0 Å². The van der Waals surface area contributed by atoms with Crippen molar-refractivity contribution in [3.05, 3.63) is 47.8 Å². The topological polar surface area (TPSA) is 59.8 Å². The van der Waals surface area contributed by atoms with E-state index in [0.29, 0.717) is 12.1 Å². The summed E-state index contributed by atoms with van der Waals surface area (Å²) in [5.41, 5.74) is 2.40. The number of amides is 1. The third-order valence-corrected chi connectivity index (χ3v) is 2.78. The van der Waals surface area contributed by atoms with Crippen molar-refractivity contribution in [1.29, 1.82) is 0 Å². The summed E-state index contributed by atoms with van der Waals surface area (Å²) < 4.78 is 1.75. The van der Waals surface area contributed by atoms with Crippen molar-refractivity contribution < 1.29 is 4.79 Å². The van der Waals surface area contributed by atoms with E-state index < -0.39 is 0 Å². The fourth-order valence-corrected chi connectivity index (χ4v) is 1.91. The molecule has 5 nitrogen and oxygen atoms in total. The van der Waals surface area contributed by atoms with Crippen LogP contribution in [0.1, 0.15) is 28.8 Å². The number of aromatic nitrogens is 3. The second-order valence-electron chi connectivity index (χ2n) is 4.77. The minimum Gasteiger partial charge on any atom is -0.348 e. The van der Waals surface area contributed by atoms with Gasteiger partial charge in [-0.05, 0) is 26.0 Å². The summed E-state index contributed by atoms with van der Waals surface area (Å²) in [6, 6.07) is 5.92. The van der Waals surface area contributed by atoms with Gasteiger partial charge in [0.2, 0.25) is 0 Å². The van der Waals surface area contributed by atoms with Crippen LogP contribution in [0.5, 0.6) is 0 Å². The van der Waals surface area contributed by atoms with Gasteiger partial charge in [0.05, 0.1) is 6.33 Å². The van der Waals surface area contributed by atoms with Crippen LogP contribution in [0.4, 0.5) is 0 Å². The number of aryl methyl sites for hydroxylation is 2. The highest BCUT2D eigenvalue weighted by Crippen LogP contribution is 2.03. The Morgan fingerprint density at radius 1 is 1.47 bits per heavy atom. The highest BCUT2D eigenvalue weighted by atomic mass is 16.1. The lowest BCUT2D eigenvalue weighted by molar-refractivity contribution is 0.0935. The molecule has 0 aliphatic heterocycles. The van der Waals surface area contributed by atoms with Crippen LogP contribution in [0.3, 0.4) is 0 Å². The van der Waals surface area contributed by atoms with E-state index in [2.05, 4.69) is 15.3 Å². The van der Waals surface area contributed by atoms with Crippen LogP contribution in [0.15, 0.2) is 30.7 Å². The van der Waals surface area contributed by atoms with E-state index in [4.69, 9.17) is 0 Å². The Balaban J connectivity index is 1.94. The molecule has 1 unspecified atom stereocenters. The van der Waals surface area contributed by atoms with Crippen molar-refractivity contribution in [3.8, 4) is 0 Å². The van der Waals surface area contributed by atoms with Crippen molar-refractivity contribution in [1.82, 2.24) is 19.9 Å². The van der Waals surface area contributed by atoms with Crippen molar-refractivity contribution in [2.45, 2.75) is 26.3 Å². The first-order valence-corrected chi connectivity index (χ1v) is 6.26. The van der Waals surface area contributed by atoms with Crippen LogP contribution in [0.2, 0.25) is 0 Å². The molecule has 0 bridgehead atoms. The zero-order valence-electron chi connectivity index (χ0n) is 11.4. The average Bonchev–Trinajstić information content (AvgIpc) is 2.75. The van der Waals surface area contributed by atoms with E-state index >= 15 is 0 Å². The monoisotopic (exact) mass is 258 g/mol. The van der Waals surface area contributed by atoms with E-state index in [1.54, 1.807) is 17.1 Å². The Morgan fingerprint density at radius 2 is 2.26 bits per heavy atom. The maximum atomic E-state index is 11.9. The molecule has 0 radical (unpaired) electrons. The SMILES string of the molecule is Cc1cccc(CC(C)NC(=O)c2cn(C)cn2)n1. The van der Waals surface area contributed by atoms with Gasteiger partial charge < -0.3 is 9.88 Å². The summed E-state index contributed by atoms with van der Waals surface area (Å²) in [6.45, 7) is 3.92. The van der Waals surface area contributed by atoms with Crippen molar-refractivity contribution in [2.75, 3.05) is 0 Å². The molecule has 100 valence electrons. The van der Waals surface area contributed by atoms with Crippen molar-refractivity contribution >= 4 is 5.91 Å². The highest BCUT2D eigenvalue weighted by molar-refractivity contribution is 5.92. The molecule has 0 spiro atoms. The quantitative estimate of drug-likeness (QED) is 0.903. The summed E-state index contributed by atoms with van der Waals surface area (Å²) in [6.07, 6.45) is 4.02. The highest BCUT2D eigenvalue weighted by Gasteiger charge is 2.12. The summed E-state index contributed by atoms with van der Waals surface area (Å²) in [5, 5.41) is 2.92. The van der Waals surface area contributed by atoms with Crippen LogP contribution < -0.4 is 5.32 Å². The maximum Gasteiger partial charge on any atom is 0.271 e. The predicted octanol–water partition coefficient (Wildman–Crippen LogP) is 1.48. The molecule has 1 amide bonds. The van der Waals surface area contributed by atoms with Crippen LogP contribution in [-0.4, -0.2) is 26.5 Å². The lowest BCUT2D eigenvalue weighted by atomic mass is 10.1. The van der Waals surface area contributed by atoms with Gasteiger partial charge in [-0.1, -0.05) is 6.07 Å². The molecule has 0 saturated heterocycles. The maximum absolute atomic E-state index is 11.9. The molecule has 0 aliphatic carbocycles. The molecule has 0 fully saturated rings. The molecule has 1 N–H and O–H groups in total. The van der Waals surface area contributed by atoms with Gasteiger partial charge in [0.15, 0.2) is 0 Å². The van der Waals surface area contributed by atoms with E-state index in [-0.39, 0.29) is 11.9 Å². The Hall–Kier alpha value is -2.17. The first-order valence-electron chi connectivity index (χ1n) is 6.26. The summed E-state index contributed by atoms with van der Waals surface area (Å²) >= 11 is 0. The third kappa shape index (κ3) is 3.64. The van der Waals surface area contributed by atoms with Gasteiger partial charge in [-0.3, -0.25) is 9.78 Å². The molecule has 2 aromatic rings. The molecule has 0 saturated carbocycles. The largest absolute Gasteiger partial charge is 0.348 e. The van der Waals surface area contributed by atoms with Gasteiger partial charge in [-0.25, -0.2) is 4.98 Å². The fraction of sp³-hybridized carbons (Fsp3) is 0.357. The normalized spacial score (nSPS) is 12.2. The number of nitrogens with one attached hydrogen (secondary N) is 1. The zero-order chi connectivity index (χ0) is 13.8. The molecule has 5 heteroatoms. The molecule has 2 heterocycles. The van der Waals surface area contributed by atoms with Crippen LogP contribution in [0, 0.1) is 6.92 Å². The standard InChI is InChI=1S/C14H18N4O/c1-10-5-4-6-12(16-10)7-11(2)17-14(19)13-8-18(3)9-15-13/h4-6,8-9,11H,7H2,1-3H3,(H,17,19). The Kier molecular flexibility index (Phi) is 3.94. The lowest BCUT2D eigenvalue weighted by Crippen LogP contribution is -2.34. The van der Waals surface area contributed by atoms with Gasteiger partial charge >= 0.3 is 0 Å². The lowest BCUT2D eigenvalue weighted by Gasteiger charge is -2.12. The number of rotatable bonds is 4. The number of nitrogens with zero attached hydrogens (tertiary/aromatic N) is 3. The molecule has 2 rings (SSSR count). The number of hydrogen-bond acceptors (Lipinski definition) is 3. The zero-order valence-corrected chi connectivity index (χ0v) is 11.4. The fourth-order valence-electron chi connectivity index (χ4n) is 1.91. The minimum atomic E-state index is -0.152. The Bertz CT molecular complexity index is 576. The van der Waals surface area contributed by atoms with E-state index in [0.717, 1.165) is 11.4 Å². The van der Waals surface area contributed by atoms with E-state index in [9.17, 15) is 4.79 Å². The number of pyridine rings is 1.